The van der Waals surface area contributed by atoms with Crippen molar-refractivity contribution in [1.82, 2.24) is 4.90 Å². The molecule has 2 rings (SSSR count). The Balaban J connectivity index is 2.17. The standard InChI is InChI=1S/C11H22N2/c1-7(2)11-9(12)6-8-4-5-10(11)13(8)3/h7-11H,4-6,12H2,1-3H3. The minimum Gasteiger partial charge on any atom is -0.327 e. The van der Waals surface area contributed by atoms with Crippen LogP contribution in [0.4, 0.5) is 0 Å². The molecule has 2 N–H and O–H groups in total. The lowest BCUT2D eigenvalue weighted by Gasteiger charge is -2.43. The summed E-state index contributed by atoms with van der Waals surface area (Å²) >= 11 is 0. The second kappa shape index (κ2) is 3.25. The lowest BCUT2D eigenvalue weighted by atomic mass is 9.79. The van der Waals surface area contributed by atoms with Crippen LogP contribution in [0.5, 0.6) is 0 Å². The monoisotopic (exact) mass is 182 g/mol. The molecule has 0 aromatic rings. The third kappa shape index (κ3) is 1.40. The van der Waals surface area contributed by atoms with Crippen molar-refractivity contribution < 1.29 is 0 Å². The molecule has 76 valence electrons. The van der Waals surface area contributed by atoms with Crippen LogP contribution in [0.15, 0.2) is 0 Å². The SMILES string of the molecule is CC(C)C1C(N)CC2CCC1N2C. The van der Waals surface area contributed by atoms with Crippen molar-refractivity contribution in [3.63, 3.8) is 0 Å². The summed E-state index contributed by atoms with van der Waals surface area (Å²) in [5.74, 6) is 1.46. The van der Waals surface area contributed by atoms with E-state index in [1.165, 1.54) is 19.3 Å². The molecule has 0 spiro atoms. The van der Waals surface area contributed by atoms with Crippen molar-refractivity contribution in [3.05, 3.63) is 0 Å². The van der Waals surface area contributed by atoms with E-state index in [0.29, 0.717) is 6.04 Å². The number of hydrogen-bond acceptors (Lipinski definition) is 2. The Bertz CT molecular complexity index is 191. The highest BCUT2D eigenvalue weighted by Gasteiger charge is 2.44. The van der Waals surface area contributed by atoms with Crippen molar-refractivity contribution >= 4 is 0 Å². The Morgan fingerprint density at radius 1 is 1.31 bits per heavy atom. The second-order valence-corrected chi connectivity index (χ2v) is 5.18. The summed E-state index contributed by atoms with van der Waals surface area (Å²) in [6.45, 7) is 4.63. The average molecular weight is 182 g/mol. The van der Waals surface area contributed by atoms with Crippen LogP contribution in [0.3, 0.4) is 0 Å². The lowest BCUT2D eigenvalue weighted by Crippen LogP contribution is -2.53. The molecule has 2 aliphatic heterocycles. The van der Waals surface area contributed by atoms with Gasteiger partial charge >= 0.3 is 0 Å². The predicted molar refractivity (Wildman–Crippen MR) is 55.5 cm³/mol. The largest absolute Gasteiger partial charge is 0.327 e. The normalized spacial score (nSPS) is 45.9. The molecule has 2 saturated heterocycles. The summed E-state index contributed by atoms with van der Waals surface area (Å²) in [4.78, 5) is 2.58. The highest BCUT2D eigenvalue weighted by atomic mass is 15.2. The van der Waals surface area contributed by atoms with Gasteiger partial charge in [-0.05, 0) is 38.1 Å². The van der Waals surface area contributed by atoms with E-state index in [-0.39, 0.29) is 0 Å². The summed E-state index contributed by atoms with van der Waals surface area (Å²) < 4.78 is 0. The van der Waals surface area contributed by atoms with Gasteiger partial charge in [-0.3, -0.25) is 0 Å². The molecule has 2 fully saturated rings. The van der Waals surface area contributed by atoms with Gasteiger partial charge in [-0.2, -0.15) is 0 Å². The molecule has 0 amide bonds. The Hall–Kier alpha value is -0.0800. The van der Waals surface area contributed by atoms with Gasteiger partial charge in [-0.25, -0.2) is 0 Å². The fourth-order valence-electron chi connectivity index (χ4n) is 3.48. The van der Waals surface area contributed by atoms with Crippen molar-refractivity contribution in [1.29, 1.82) is 0 Å². The van der Waals surface area contributed by atoms with Gasteiger partial charge in [-0.15, -0.1) is 0 Å². The van der Waals surface area contributed by atoms with Crippen LogP contribution in [0.2, 0.25) is 0 Å². The van der Waals surface area contributed by atoms with Crippen LogP contribution in [0, 0.1) is 11.8 Å². The maximum atomic E-state index is 6.24. The van der Waals surface area contributed by atoms with Gasteiger partial charge in [0, 0.05) is 18.1 Å². The first kappa shape index (κ1) is 9.47. The van der Waals surface area contributed by atoms with Gasteiger partial charge in [0.2, 0.25) is 0 Å². The quantitative estimate of drug-likeness (QED) is 0.665. The van der Waals surface area contributed by atoms with Gasteiger partial charge in [0.1, 0.15) is 0 Å². The number of fused-ring (bicyclic) bond motifs is 2. The van der Waals surface area contributed by atoms with Crippen LogP contribution in [-0.2, 0) is 0 Å². The third-order valence-electron chi connectivity index (χ3n) is 4.15. The fraction of sp³-hybridized carbons (Fsp3) is 1.00. The first-order valence-corrected chi connectivity index (χ1v) is 5.58. The Morgan fingerprint density at radius 3 is 2.62 bits per heavy atom. The van der Waals surface area contributed by atoms with E-state index in [0.717, 1.165) is 23.9 Å². The van der Waals surface area contributed by atoms with Crippen molar-refractivity contribution in [2.75, 3.05) is 7.05 Å². The van der Waals surface area contributed by atoms with E-state index in [1.807, 2.05) is 0 Å². The molecule has 0 aliphatic carbocycles. The number of nitrogens with two attached hydrogens (primary N) is 1. The molecule has 0 saturated carbocycles. The molecule has 4 unspecified atom stereocenters. The minimum atomic E-state index is 0.452. The molecule has 0 aromatic heterocycles. The molecule has 13 heavy (non-hydrogen) atoms. The lowest BCUT2D eigenvalue weighted by molar-refractivity contribution is 0.0751. The summed E-state index contributed by atoms with van der Waals surface area (Å²) in [7, 11) is 2.28. The molecular formula is C11H22N2. The van der Waals surface area contributed by atoms with Crippen LogP contribution < -0.4 is 5.73 Å². The zero-order valence-corrected chi connectivity index (χ0v) is 9.03. The van der Waals surface area contributed by atoms with Crippen LogP contribution in [0.1, 0.15) is 33.1 Å². The van der Waals surface area contributed by atoms with Crippen molar-refractivity contribution in [2.24, 2.45) is 17.6 Å². The zero-order valence-electron chi connectivity index (χ0n) is 9.03. The highest BCUT2D eigenvalue weighted by Crippen LogP contribution is 2.40. The Morgan fingerprint density at radius 2 is 2.00 bits per heavy atom. The van der Waals surface area contributed by atoms with E-state index < -0.39 is 0 Å². The van der Waals surface area contributed by atoms with E-state index in [4.69, 9.17) is 5.73 Å². The summed E-state index contributed by atoms with van der Waals surface area (Å²) in [6.07, 6.45) is 3.96. The van der Waals surface area contributed by atoms with Gasteiger partial charge < -0.3 is 10.6 Å². The highest BCUT2D eigenvalue weighted by molar-refractivity contribution is 5.01. The van der Waals surface area contributed by atoms with Crippen LogP contribution in [0.25, 0.3) is 0 Å². The summed E-state index contributed by atoms with van der Waals surface area (Å²) in [6, 6.07) is 2.01. The molecule has 2 bridgehead atoms. The predicted octanol–water partition coefficient (Wildman–Crippen LogP) is 1.45. The van der Waals surface area contributed by atoms with E-state index in [9.17, 15) is 0 Å². The van der Waals surface area contributed by atoms with Gasteiger partial charge in [0.15, 0.2) is 0 Å². The van der Waals surface area contributed by atoms with Crippen molar-refractivity contribution in [3.8, 4) is 0 Å². The number of nitrogens with zero attached hydrogens (tertiary/aromatic N) is 1. The number of hydrogen-bond donors (Lipinski definition) is 1. The number of piperidine rings is 1. The second-order valence-electron chi connectivity index (χ2n) is 5.18. The maximum Gasteiger partial charge on any atom is 0.0141 e. The average Bonchev–Trinajstić information content (AvgIpc) is 2.34. The van der Waals surface area contributed by atoms with Gasteiger partial charge in [0.25, 0.3) is 0 Å². The first-order valence-electron chi connectivity index (χ1n) is 5.58. The molecule has 0 aromatic carbocycles. The molecule has 2 heteroatoms. The topological polar surface area (TPSA) is 29.3 Å². The fourth-order valence-corrected chi connectivity index (χ4v) is 3.48. The smallest absolute Gasteiger partial charge is 0.0141 e. The van der Waals surface area contributed by atoms with E-state index in [2.05, 4.69) is 25.8 Å². The Kier molecular flexibility index (Phi) is 2.37. The van der Waals surface area contributed by atoms with Gasteiger partial charge in [-0.1, -0.05) is 13.8 Å². The zero-order chi connectivity index (χ0) is 9.59. The molecule has 2 nitrogen and oxygen atoms in total. The Labute approximate surface area is 81.5 Å². The molecule has 4 atom stereocenters. The third-order valence-corrected chi connectivity index (χ3v) is 4.15. The molecule has 2 aliphatic rings. The minimum absolute atomic E-state index is 0.452. The first-order chi connectivity index (χ1) is 6.11. The van der Waals surface area contributed by atoms with Crippen LogP contribution >= 0.6 is 0 Å². The molecule has 2 heterocycles. The number of rotatable bonds is 1. The van der Waals surface area contributed by atoms with E-state index in [1.54, 1.807) is 0 Å². The van der Waals surface area contributed by atoms with Crippen LogP contribution in [-0.4, -0.2) is 30.1 Å². The molecule has 0 radical (unpaired) electrons. The summed E-state index contributed by atoms with van der Waals surface area (Å²) in [5, 5.41) is 0. The van der Waals surface area contributed by atoms with E-state index >= 15 is 0 Å². The van der Waals surface area contributed by atoms with Crippen molar-refractivity contribution in [2.45, 2.75) is 51.2 Å². The summed E-state index contributed by atoms with van der Waals surface area (Å²) in [5.41, 5.74) is 6.24. The molecular weight excluding hydrogens is 160 g/mol. The maximum absolute atomic E-state index is 6.24. The van der Waals surface area contributed by atoms with Gasteiger partial charge in [0.05, 0.1) is 0 Å².